The van der Waals surface area contributed by atoms with Crippen LogP contribution in [-0.4, -0.2) is 27.9 Å². The number of pyridine rings is 2. The molecule has 2 heterocycles. The van der Waals surface area contributed by atoms with E-state index >= 15 is 0 Å². The van der Waals surface area contributed by atoms with Crippen molar-refractivity contribution in [2.75, 3.05) is 11.9 Å². The van der Waals surface area contributed by atoms with Crippen molar-refractivity contribution in [1.82, 2.24) is 14.9 Å². The number of nitrogens with one attached hydrogen (secondary N) is 2. The van der Waals surface area contributed by atoms with Crippen LogP contribution < -0.4 is 16.2 Å². The highest BCUT2D eigenvalue weighted by molar-refractivity contribution is 5.90. The Morgan fingerprint density at radius 1 is 1.07 bits per heavy atom. The molecule has 0 aliphatic heterocycles. The van der Waals surface area contributed by atoms with E-state index in [4.69, 9.17) is 0 Å². The highest BCUT2D eigenvalue weighted by Crippen LogP contribution is 2.08. The Morgan fingerprint density at radius 3 is 2.67 bits per heavy atom. The predicted molar refractivity (Wildman–Crippen MR) is 103 cm³/mol. The van der Waals surface area contributed by atoms with Crippen LogP contribution in [0.5, 0.6) is 0 Å². The maximum absolute atomic E-state index is 12.4. The topological polar surface area (TPSA) is 93.1 Å². The lowest BCUT2D eigenvalue weighted by Gasteiger charge is -2.09. The second kappa shape index (κ2) is 8.27. The van der Waals surface area contributed by atoms with Crippen LogP contribution in [0.4, 0.5) is 5.82 Å². The molecule has 3 aromatic rings. The molecular weight excluding hydrogens is 344 g/mol. The van der Waals surface area contributed by atoms with E-state index in [9.17, 15) is 14.4 Å². The molecular formula is C20H20N4O3. The van der Waals surface area contributed by atoms with Gasteiger partial charge in [-0.3, -0.25) is 14.4 Å². The van der Waals surface area contributed by atoms with Gasteiger partial charge < -0.3 is 15.2 Å². The highest BCUT2D eigenvalue weighted by atomic mass is 16.2. The lowest BCUT2D eigenvalue weighted by molar-refractivity contribution is -0.121. The molecule has 7 nitrogen and oxygen atoms in total. The van der Waals surface area contributed by atoms with Crippen molar-refractivity contribution >= 4 is 28.4 Å². The lowest BCUT2D eigenvalue weighted by Crippen LogP contribution is -2.33. The molecule has 0 fully saturated rings. The molecule has 2 amide bonds. The second-order valence-electron chi connectivity index (χ2n) is 6.20. The predicted octanol–water partition coefficient (Wildman–Crippen LogP) is 1.85. The summed E-state index contributed by atoms with van der Waals surface area (Å²) < 4.78 is 1.36. The molecule has 0 aliphatic rings. The van der Waals surface area contributed by atoms with E-state index in [0.29, 0.717) is 11.2 Å². The number of aromatic nitrogens is 2. The molecule has 0 unspecified atom stereocenters. The third-order valence-corrected chi connectivity index (χ3v) is 4.05. The molecule has 138 valence electrons. The first-order valence-corrected chi connectivity index (χ1v) is 8.60. The van der Waals surface area contributed by atoms with Gasteiger partial charge in [-0.05, 0) is 36.1 Å². The van der Waals surface area contributed by atoms with Gasteiger partial charge in [-0.25, -0.2) is 4.98 Å². The van der Waals surface area contributed by atoms with Gasteiger partial charge in [-0.15, -0.1) is 0 Å². The monoisotopic (exact) mass is 364 g/mol. The second-order valence-corrected chi connectivity index (χ2v) is 6.20. The number of nitrogens with zero attached hydrogens (tertiary/aromatic N) is 2. The molecule has 0 bridgehead atoms. The minimum Gasteiger partial charge on any atom is -0.354 e. The van der Waals surface area contributed by atoms with Gasteiger partial charge in [0.25, 0.3) is 5.56 Å². The van der Waals surface area contributed by atoms with Crippen molar-refractivity contribution in [1.29, 1.82) is 0 Å². The molecule has 3 rings (SSSR count). The summed E-state index contributed by atoms with van der Waals surface area (Å²) in [7, 11) is 0. The Bertz CT molecular complexity index is 1030. The van der Waals surface area contributed by atoms with E-state index in [1.54, 1.807) is 36.7 Å². The first-order chi connectivity index (χ1) is 13.0. The Balaban J connectivity index is 1.50. The Kier molecular flexibility index (Phi) is 5.61. The van der Waals surface area contributed by atoms with Crippen molar-refractivity contribution in [2.24, 2.45) is 0 Å². The average Bonchev–Trinajstić information content (AvgIpc) is 2.66. The third kappa shape index (κ3) is 4.78. The van der Waals surface area contributed by atoms with Gasteiger partial charge in [0.2, 0.25) is 11.8 Å². The Labute approximate surface area is 156 Å². The lowest BCUT2D eigenvalue weighted by atomic mass is 10.2. The summed E-state index contributed by atoms with van der Waals surface area (Å²) in [6.07, 6.45) is 3.38. The molecule has 0 saturated carbocycles. The summed E-state index contributed by atoms with van der Waals surface area (Å²) in [6, 6.07) is 12.6. The van der Waals surface area contributed by atoms with E-state index in [2.05, 4.69) is 15.6 Å². The van der Waals surface area contributed by atoms with Crippen LogP contribution in [0.15, 0.2) is 59.7 Å². The standard InChI is InChI=1S/C20H20N4O3/c1-14-6-7-17(22-12-14)23-18(25)8-10-21-19(26)13-24-11-9-15-4-2-3-5-16(15)20(24)27/h2-7,9,11-12H,8,10,13H2,1H3,(H,21,26)(H,22,23,25). The van der Waals surface area contributed by atoms with Gasteiger partial charge in [0.1, 0.15) is 12.4 Å². The fourth-order valence-electron chi connectivity index (χ4n) is 2.63. The van der Waals surface area contributed by atoms with E-state index in [-0.39, 0.29) is 36.9 Å². The SMILES string of the molecule is Cc1ccc(NC(=O)CCNC(=O)Cn2ccc3ccccc3c2=O)nc1. The van der Waals surface area contributed by atoms with Gasteiger partial charge >= 0.3 is 0 Å². The number of benzene rings is 1. The quantitative estimate of drug-likeness (QED) is 0.698. The Morgan fingerprint density at radius 2 is 1.89 bits per heavy atom. The van der Waals surface area contributed by atoms with Crippen LogP contribution in [0.2, 0.25) is 0 Å². The maximum atomic E-state index is 12.4. The van der Waals surface area contributed by atoms with Crippen LogP contribution in [0.1, 0.15) is 12.0 Å². The molecule has 2 aromatic heterocycles. The van der Waals surface area contributed by atoms with Gasteiger partial charge in [0.05, 0.1) is 0 Å². The summed E-state index contributed by atoms with van der Waals surface area (Å²) in [5.41, 5.74) is 0.788. The van der Waals surface area contributed by atoms with E-state index < -0.39 is 0 Å². The summed E-state index contributed by atoms with van der Waals surface area (Å²) in [5, 5.41) is 6.72. The summed E-state index contributed by atoms with van der Waals surface area (Å²) >= 11 is 0. The fraction of sp³-hybridized carbons (Fsp3) is 0.200. The van der Waals surface area contributed by atoms with Gasteiger partial charge in [0, 0.05) is 30.7 Å². The van der Waals surface area contributed by atoms with Gasteiger partial charge in [-0.1, -0.05) is 24.3 Å². The van der Waals surface area contributed by atoms with Crippen LogP contribution in [-0.2, 0) is 16.1 Å². The van der Waals surface area contributed by atoms with Crippen molar-refractivity contribution in [3.05, 3.63) is 70.8 Å². The van der Waals surface area contributed by atoms with Crippen molar-refractivity contribution in [3.8, 4) is 0 Å². The van der Waals surface area contributed by atoms with E-state index in [0.717, 1.165) is 10.9 Å². The molecule has 1 aromatic carbocycles. The third-order valence-electron chi connectivity index (χ3n) is 4.05. The zero-order valence-electron chi connectivity index (χ0n) is 14.9. The number of amides is 2. The van der Waals surface area contributed by atoms with Crippen molar-refractivity contribution < 1.29 is 9.59 Å². The zero-order valence-corrected chi connectivity index (χ0v) is 14.9. The van der Waals surface area contributed by atoms with Crippen LogP contribution in [0, 0.1) is 6.92 Å². The largest absolute Gasteiger partial charge is 0.354 e. The van der Waals surface area contributed by atoms with Gasteiger partial charge in [-0.2, -0.15) is 0 Å². The molecule has 27 heavy (non-hydrogen) atoms. The summed E-state index contributed by atoms with van der Waals surface area (Å²) in [6.45, 7) is 2.00. The smallest absolute Gasteiger partial charge is 0.258 e. The number of anilines is 1. The maximum Gasteiger partial charge on any atom is 0.258 e. The number of hydrogen-bond donors (Lipinski definition) is 2. The minimum absolute atomic E-state index is 0.0925. The average molecular weight is 364 g/mol. The molecule has 0 atom stereocenters. The van der Waals surface area contributed by atoms with Crippen molar-refractivity contribution in [3.63, 3.8) is 0 Å². The molecule has 0 saturated heterocycles. The van der Waals surface area contributed by atoms with Crippen LogP contribution >= 0.6 is 0 Å². The Hall–Kier alpha value is -3.48. The van der Waals surface area contributed by atoms with E-state index in [1.807, 2.05) is 25.1 Å². The van der Waals surface area contributed by atoms with Gasteiger partial charge in [0.15, 0.2) is 0 Å². The highest BCUT2D eigenvalue weighted by Gasteiger charge is 2.08. The first-order valence-electron chi connectivity index (χ1n) is 8.60. The molecule has 0 aliphatic carbocycles. The number of fused-ring (bicyclic) bond motifs is 1. The van der Waals surface area contributed by atoms with Crippen molar-refractivity contribution in [2.45, 2.75) is 19.9 Å². The molecule has 0 radical (unpaired) electrons. The van der Waals surface area contributed by atoms with Crippen LogP contribution in [0.25, 0.3) is 10.8 Å². The summed E-state index contributed by atoms with van der Waals surface area (Å²) in [5.74, 6) is -0.0946. The number of carbonyl (C=O) groups is 2. The number of hydrogen-bond acceptors (Lipinski definition) is 4. The van der Waals surface area contributed by atoms with Crippen LogP contribution in [0.3, 0.4) is 0 Å². The number of carbonyl (C=O) groups excluding carboxylic acids is 2. The first kappa shape index (κ1) is 18.3. The normalized spacial score (nSPS) is 10.6. The zero-order chi connectivity index (χ0) is 19.2. The molecule has 7 heteroatoms. The molecule has 2 N–H and O–H groups in total. The number of rotatable bonds is 6. The molecule has 0 spiro atoms. The number of aryl methyl sites for hydroxylation is 1. The summed E-state index contributed by atoms with van der Waals surface area (Å²) in [4.78, 5) is 40.4. The van der Waals surface area contributed by atoms with E-state index in [1.165, 1.54) is 4.57 Å². The fourth-order valence-corrected chi connectivity index (χ4v) is 2.63. The minimum atomic E-state index is -0.325.